The van der Waals surface area contributed by atoms with Crippen molar-refractivity contribution in [3.8, 4) is 0 Å². The quantitative estimate of drug-likeness (QED) is 0.822. The van der Waals surface area contributed by atoms with Crippen molar-refractivity contribution < 1.29 is 0 Å². The number of hydrogen-bond donors (Lipinski definition) is 1. The standard InChI is InChI=1S/C15H28N4/c1-7-8-19(6)14-10-17-15(11(2)3)18-13(14)9-16-12(4)5/h10-12,16H,7-9H2,1-6H3. The molecule has 0 aliphatic heterocycles. The fourth-order valence-corrected chi connectivity index (χ4v) is 1.91. The first kappa shape index (κ1) is 15.9. The maximum absolute atomic E-state index is 4.73. The predicted molar refractivity (Wildman–Crippen MR) is 81.7 cm³/mol. The van der Waals surface area contributed by atoms with Crippen LogP contribution < -0.4 is 10.2 Å². The maximum atomic E-state index is 4.73. The van der Waals surface area contributed by atoms with Gasteiger partial charge in [0.2, 0.25) is 0 Å². The molecule has 1 N–H and O–H groups in total. The minimum atomic E-state index is 0.364. The molecule has 0 aromatic carbocycles. The van der Waals surface area contributed by atoms with Gasteiger partial charge in [0, 0.05) is 32.1 Å². The van der Waals surface area contributed by atoms with Gasteiger partial charge >= 0.3 is 0 Å². The molecular weight excluding hydrogens is 236 g/mol. The van der Waals surface area contributed by atoms with Gasteiger partial charge in [-0.15, -0.1) is 0 Å². The second kappa shape index (κ2) is 7.43. The Kier molecular flexibility index (Phi) is 6.22. The lowest BCUT2D eigenvalue weighted by Gasteiger charge is -2.22. The Balaban J connectivity index is 3.00. The maximum Gasteiger partial charge on any atom is 0.131 e. The van der Waals surface area contributed by atoms with Crippen molar-refractivity contribution in [2.24, 2.45) is 0 Å². The minimum Gasteiger partial charge on any atom is -0.372 e. The number of nitrogens with one attached hydrogen (secondary N) is 1. The van der Waals surface area contributed by atoms with Gasteiger partial charge in [-0.1, -0.05) is 34.6 Å². The third kappa shape index (κ3) is 4.78. The molecular formula is C15H28N4. The summed E-state index contributed by atoms with van der Waals surface area (Å²) in [5.74, 6) is 1.29. The molecule has 0 saturated carbocycles. The Morgan fingerprint density at radius 2 is 1.95 bits per heavy atom. The summed E-state index contributed by atoms with van der Waals surface area (Å²) in [6.45, 7) is 12.6. The summed E-state index contributed by atoms with van der Waals surface area (Å²) < 4.78 is 0. The van der Waals surface area contributed by atoms with Crippen molar-refractivity contribution in [2.75, 3.05) is 18.5 Å². The van der Waals surface area contributed by atoms with Gasteiger partial charge in [-0.05, 0) is 6.42 Å². The smallest absolute Gasteiger partial charge is 0.131 e. The number of anilines is 1. The first-order valence-corrected chi connectivity index (χ1v) is 7.26. The lowest BCUT2D eigenvalue weighted by atomic mass is 10.2. The summed E-state index contributed by atoms with van der Waals surface area (Å²) in [7, 11) is 2.11. The van der Waals surface area contributed by atoms with E-state index in [0.29, 0.717) is 12.0 Å². The van der Waals surface area contributed by atoms with E-state index in [4.69, 9.17) is 4.98 Å². The Morgan fingerprint density at radius 1 is 1.26 bits per heavy atom. The Hall–Kier alpha value is -1.16. The van der Waals surface area contributed by atoms with Gasteiger partial charge in [0.1, 0.15) is 5.82 Å². The number of aromatic nitrogens is 2. The van der Waals surface area contributed by atoms with Crippen LogP contribution >= 0.6 is 0 Å². The predicted octanol–water partition coefficient (Wildman–Crippen LogP) is 2.94. The van der Waals surface area contributed by atoms with Crippen LogP contribution in [0.2, 0.25) is 0 Å². The van der Waals surface area contributed by atoms with Gasteiger partial charge in [-0.25, -0.2) is 9.97 Å². The van der Waals surface area contributed by atoms with Gasteiger partial charge in [-0.2, -0.15) is 0 Å². The number of hydrogen-bond acceptors (Lipinski definition) is 4. The molecule has 0 amide bonds. The third-order valence-corrected chi connectivity index (χ3v) is 3.03. The van der Waals surface area contributed by atoms with Crippen LogP contribution in [0.3, 0.4) is 0 Å². The van der Waals surface area contributed by atoms with E-state index in [2.05, 4.69) is 56.9 Å². The van der Waals surface area contributed by atoms with E-state index < -0.39 is 0 Å². The molecule has 1 heterocycles. The topological polar surface area (TPSA) is 41.1 Å². The van der Waals surface area contributed by atoms with Crippen molar-refractivity contribution in [3.63, 3.8) is 0 Å². The SMILES string of the molecule is CCCN(C)c1cnc(C(C)C)nc1CNC(C)C. The largest absolute Gasteiger partial charge is 0.372 e. The summed E-state index contributed by atoms with van der Waals surface area (Å²) in [5.41, 5.74) is 2.24. The Bertz CT molecular complexity index is 388. The van der Waals surface area contributed by atoms with E-state index in [1.807, 2.05) is 6.20 Å². The molecule has 19 heavy (non-hydrogen) atoms. The summed E-state index contributed by atoms with van der Waals surface area (Å²) in [5, 5.41) is 3.45. The van der Waals surface area contributed by atoms with E-state index in [0.717, 1.165) is 36.7 Å². The molecule has 0 spiro atoms. The normalized spacial score (nSPS) is 11.4. The summed E-state index contributed by atoms with van der Waals surface area (Å²) in [6.07, 6.45) is 3.09. The third-order valence-electron chi connectivity index (χ3n) is 3.03. The van der Waals surface area contributed by atoms with Gasteiger partial charge in [0.15, 0.2) is 0 Å². The molecule has 4 nitrogen and oxygen atoms in total. The zero-order valence-electron chi connectivity index (χ0n) is 13.2. The van der Waals surface area contributed by atoms with Crippen molar-refractivity contribution >= 4 is 5.69 Å². The second-order valence-electron chi connectivity index (χ2n) is 5.67. The van der Waals surface area contributed by atoms with Gasteiger partial charge in [0.25, 0.3) is 0 Å². The first-order valence-electron chi connectivity index (χ1n) is 7.26. The van der Waals surface area contributed by atoms with Crippen molar-refractivity contribution in [1.82, 2.24) is 15.3 Å². The molecule has 0 atom stereocenters. The molecule has 0 bridgehead atoms. The van der Waals surface area contributed by atoms with Gasteiger partial charge in [0.05, 0.1) is 17.6 Å². The van der Waals surface area contributed by atoms with Crippen molar-refractivity contribution in [1.29, 1.82) is 0 Å². The summed E-state index contributed by atoms with van der Waals surface area (Å²) >= 11 is 0. The van der Waals surface area contributed by atoms with Crippen LogP contribution in [0.15, 0.2) is 6.20 Å². The Morgan fingerprint density at radius 3 is 2.47 bits per heavy atom. The average molecular weight is 264 g/mol. The fourth-order valence-electron chi connectivity index (χ4n) is 1.91. The zero-order chi connectivity index (χ0) is 14.4. The molecule has 0 radical (unpaired) electrons. The van der Waals surface area contributed by atoms with Crippen molar-refractivity contribution in [2.45, 2.75) is 59.5 Å². The molecule has 0 fully saturated rings. The molecule has 1 aromatic rings. The van der Waals surface area contributed by atoms with Crippen LogP contribution in [0.4, 0.5) is 5.69 Å². The van der Waals surface area contributed by atoms with Crippen LogP contribution in [0, 0.1) is 0 Å². The molecule has 1 aromatic heterocycles. The highest BCUT2D eigenvalue weighted by molar-refractivity contribution is 5.48. The van der Waals surface area contributed by atoms with Crippen LogP contribution in [0.1, 0.15) is 58.5 Å². The highest BCUT2D eigenvalue weighted by Gasteiger charge is 2.12. The van der Waals surface area contributed by atoms with Crippen LogP contribution in [-0.2, 0) is 6.54 Å². The van der Waals surface area contributed by atoms with Crippen LogP contribution in [-0.4, -0.2) is 29.6 Å². The van der Waals surface area contributed by atoms with Gasteiger partial charge < -0.3 is 10.2 Å². The minimum absolute atomic E-state index is 0.364. The highest BCUT2D eigenvalue weighted by Crippen LogP contribution is 2.19. The summed E-state index contributed by atoms with van der Waals surface area (Å²) in [6, 6.07) is 0.460. The lowest BCUT2D eigenvalue weighted by molar-refractivity contribution is 0.576. The van der Waals surface area contributed by atoms with E-state index in [1.54, 1.807) is 0 Å². The number of nitrogens with zero attached hydrogens (tertiary/aromatic N) is 3. The molecule has 0 saturated heterocycles. The molecule has 4 heteroatoms. The fraction of sp³-hybridized carbons (Fsp3) is 0.733. The van der Waals surface area contributed by atoms with Crippen LogP contribution in [0.5, 0.6) is 0 Å². The lowest BCUT2D eigenvalue weighted by Crippen LogP contribution is -2.26. The van der Waals surface area contributed by atoms with E-state index in [9.17, 15) is 0 Å². The highest BCUT2D eigenvalue weighted by atomic mass is 15.1. The molecule has 108 valence electrons. The van der Waals surface area contributed by atoms with E-state index >= 15 is 0 Å². The second-order valence-corrected chi connectivity index (χ2v) is 5.67. The Labute approximate surface area is 117 Å². The number of rotatable bonds is 7. The molecule has 0 aliphatic rings. The first-order chi connectivity index (χ1) is 8.95. The monoisotopic (exact) mass is 264 g/mol. The molecule has 0 aliphatic carbocycles. The van der Waals surface area contributed by atoms with E-state index in [-0.39, 0.29) is 0 Å². The van der Waals surface area contributed by atoms with E-state index in [1.165, 1.54) is 0 Å². The summed E-state index contributed by atoms with van der Waals surface area (Å²) in [4.78, 5) is 11.5. The molecule has 0 unspecified atom stereocenters. The average Bonchev–Trinajstić information content (AvgIpc) is 2.36. The van der Waals surface area contributed by atoms with Gasteiger partial charge in [-0.3, -0.25) is 0 Å². The zero-order valence-corrected chi connectivity index (χ0v) is 13.2. The van der Waals surface area contributed by atoms with Crippen LogP contribution in [0.25, 0.3) is 0 Å². The van der Waals surface area contributed by atoms with Crippen molar-refractivity contribution in [3.05, 3.63) is 17.7 Å². The molecule has 1 rings (SSSR count).